The number of nitrogens with zero attached hydrogens (tertiary/aromatic N) is 1. The first-order valence-electron chi connectivity index (χ1n) is 4.67. The maximum Gasteiger partial charge on any atom is 0.390 e. The molecule has 1 aromatic rings. The zero-order chi connectivity index (χ0) is 11.3. The van der Waals surface area contributed by atoms with E-state index in [0.29, 0.717) is 6.54 Å². The van der Waals surface area contributed by atoms with Crippen molar-refractivity contribution in [2.75, 3.05) is 6.54 Å². The first kappa shape index (κ1) is 12.0. The Kier molecular flexibility index (Phi) is 4.08. The molecule has 0 bridgehead atoms. The molecule has 0 spiro atoms. The summed E-state index contributed by atoms with van der Waals surface area (Å²) in [4.78, 5) is 4.07. The Morgan fingerprint density at radius 3 is 2.73 bits per heavy atom. The molecule has 0 amide bonds. The predicted molar refractivity (Wildman–Crippen MR) is 51.4 cm³/mol. The molecule has 0 fully saturated rings. The first-order chi connectivity index (χ1) is 6.99. The molecule has 1 aromatic heterocycles. The van der Waals surface area contributed by atoms with Crippen LogP contribution in [0.25, 0.3) is 0 Å². The number of alkyl halides is 3. The molecule has 5 heteroatoms. The molecule has 0 saturated carbocycles. The highest BCUT2D eigenvalue weighted by Crippen LogP contribution is 2.18. The third kappa shape index (κ3) is 4.78. The van der Waals surface area contributed by atoms with Crippen molar-refractivity contribution >= 4 is 0 Å². The van der Waals surface area contributed by atoms with E-state index in [4.69, 9.17) is 0 Å². The van der Waals surface area contributed by atoms with Crippen molar-refractivity contribution in [3.05, 3.63) is 29.6 Å². The van der Waals surface area contributed by atoms with Gasteiger partial charge < -0.3 is 5.32 Å². The molecule has 0 saturated heterocycles. The fraction of sp³-hybridized carbons (Fsp3) is 0.500. The monoisotopic (exact) mass is 218 g/mol. The van der Waals surface area contributed by atoms with Gasteiger partial charge in [0, 0.05) is 19.3 Å². The summed E-state index contributed by atoms with van der Waals surface area (Å²) in [7, 11) is 0. The summed E-state index contributed by atoms with van der Waals surface area (Å²) in [6.07, 6.45) is -3.27. The molecule has 0 aliphatic carbocycles. The van der Waals surface area contributed by atoms with Gasteiger partial charge in [-0.15, -0.1) is 0 Å². The smallest absolute Gasteiger partial charge is 0.311 e. The topological polar surface area (TPSA) is 24.9 Å². The van der Waals surface area contributed by atoms with E-state index in [2.05, 4.69) is 10.3 Å². The molecular formula is C10H13F3N2. The number of hydrogen-bond acceptors (Lipinski definition) is 2. The highest BCUT2D eigenvalue weighted by molar-refractivity contribution is 5.17. The summed E-state index contributed by atoms with van der Waals surface area (Å²) >= 11 is 0. The van der Waals surface area contributed by atoms with Gasteiger partial charge in [0.2, 0.25) is 0 Å². The van der Waals surface area contributed by atoms with Crippen LogP contribution in [-0.4, -0.2) is 17.7 Å². The van der Waals surface area contributed by atoms with Crippen LogP contribution in [0.1, 0.15) is 17.7 Å². The van der Waals surface area contributed by atoms with Gasteiger partial charge >= 0.3 is 6.18 Å². The van der Waals surface area contributed by atoms with Crippen molar-refractivity contribution in [1.82, 2.24) is 10.3 Å². The molecule has 0 unspecified atom stereocenters. The molecule has 1 heterocycles. The molecule has 0 aliphatic rings. The van der Waals surface area contributed by atoms with Gasteiger partial charge in [0.25, 0.3) is 0 Å². The summed E-state index contributed by atoms with van der Waals surface area (Å²) < 4.78 is 35.4. The lowest BCUT2D eigenvalue weighted by atomic mass is 10.2. The molecule has 84 valence electrons. The molecule has 15 heavy (non-hydrogen) atoms. The second kappa shape index (κ2) is 5.11. The van der Waals surface area contributed by atoms with Crippen molar-refractivity contribution in [2.45, 2.75) is 26.1 Å². The molecular weight excluding hydrogens is 205 g/mol. The molecule has 0 aromatic carbocycles. The third-order valence-electron chi connectivity index (χ3n) is 2.00. The van der Waals surface area contributed by atoms with E-state index in [0.717, 1.165) is 11.3 Å². The summed E-state index contributed by atoms with van der Waals surface area (Å²) in [5, 5.41) is 2.72. The van der Waals surface area contributed by atoms with E-state index < -0.39 is 12.6 Å². The quantitative estimate of drug-likeness (QED) is 0.785. The van der Waals surface area contributed by atoms with E-state index in [1.54, 1.807) is 12.3 Å². The number of pyridine rings is 1. The van der Waals surface area contributed by atoms with Gasteiger partial charge in [0.15, 0.2) is 0 Å². The fourth-order valence-electron chi connectivity index (χ4n) is 1.14. The van der Waals surface area contributed by atoms with Gasteiger partial charge in [-0.1, -0.05) is 6.07 Å². The molecule has 1 N–H and O–H groups in total. The molecule has 0 atom stereocenters. The lowest BCUT2D eigenvalue weighted by molar-refractivity contribution is -0.133. The van der Waals surface area contributed by atoms with Gasteiger partial charge in [-0.3, -0.25) is 4.98 Å². The Morgan fingerprint density at radius 1 is 1.40 bits per heavy atom. The van der Waals surface area contributed by atoms with E-state index in [-0.39, 0.29) is 6.54 Å². The van der Waals surface area contributed by atoms with Crippen molar-refractivity contribution in [3.63, 3.8) is 0 Å². The van der Waals surface area contributed by atoms with E-state index in [1.165, 1.54) is 0 Å². The number of hydrogen-bond donors (Lipinski definition) is 1. The SMILES string of the molecule is Cc1cccnc1CNCCC(F)(F)F. The van der Waals surface area contributed by atoms with Crippen LogP contribution in [0, 0.1) is 6.92 Å². The predicted octanol–water partition coefficient (Wildman–Crippen LogP) is 2.43. The van der Waals surface area contributed by atoms with Crippen molar-refractivity contribution in [3.8, 4) is 0 Å². The average Bonchev–Trinajstić information content (AvgIpc) is 2.13. The Hall–Kier alpha value is -1.10. The normalized spacial score (nSPS) is 11.7. The molecule has 1 rings (SSSR count). The molecule has 0 aliphatic heterocycles. The summed E-state index contributed by atoms with van der Waals surface area (Å²) in [5.74, 6) is 0. The number of halogens is 3. The van der Waals surface area contributed by atoms with Gasteiger partial charge in [-0.2, -0.15) is 13.2 Å². The third-order valence-corrected chi connectivity index (χ3v) is 2.00. The van der Waals surface area contributed by atoms with Crippen LogP contribution in [0.15, 0.2) is 18.3 Å². The van der Waals surface area contributed by atoms with Gasteiger partial charge in [-0.25, -0.2) is 0 Å². The van der Waals surface area contributed by atoms with Crippen LogP contribution in [0.3, 0.4) is 0 Å². The van der Waals surface area contributed by atoms with Gasteiger partial charge in [0.1, 0.15) is 0 Å². The summed E-state index contributed by atoms with van der Waals surface area (Å²) in [5.41, 5.74) is 1.77. The standard InChI is InChI=1S/C10H13F3N2/c1-8-3-2-5-15-9(8)7-14-6-4-10(11,12)13/h2-3,5,14H,4,6-7H2,1H3. The summed E-state index contributed by atoms with van der Waals surface area (Å²) in [6.45, 7) is 2.19. The number of rotatable bonds is 4. The maximum atomic E-state index is 11.8. The van der Waals surface area contributed by atoms with E-state index in [1.807, 2.05) is 13.0 Å². The first-order valence-corrected chi connectivity index (χ1v) is 4.67. The van der Waals surface area contributed by atoms with Crippen LogP contribution >= 0.6 is 0 Å². The van der Waals surface area contributed by atoms with Crippen molar-refractivity contribution < 1.29 is 13.2 Å². The molecule has 0 radical (unpaired) electrons. The Morgan fingerprint density at radius 2 is 2.13 bits per heavy atom. The van der Waals surface area contributed by atoms with Gasteiger partial charge in [0.05, 0.1) is 12.1 Å². The van der Waals surface area contributed by atoms with Gasteiger partial charge in [-0.05, 0) is 18.6 Å². The number of nitrogens with one attached hydrogen (secondary N) is 1. The zero-order valence-corrected chi connectivity index (χ0v) is 8.43. The van der Waals surface area contributed by atoms with Crippen LogP contribution < -0.4 is 5.32 Å². The van der Waals surface area contributed by atoms with Crippen LogP contribution in [-0.2, 0) is 6.54 Å². The maximum absolute atomic E-state index is 11.8. The second-order valence-electron chi connectivity index (χ2n) is 3.31. The minimum Gasteiger partial charge on any atom is -0.311 e. The van der Waals surface area contributed by atoms with Crippen LogP contribution in [0.5, 0.6) is 0 Å². The average molecular weight is 218 g/mol. The lowest BCUT2D eigenvalue weighted by Crippen LogP contribution is -2.22. The number of aromatic nitrogens is 1. The van der Waals surface area contributed by atoms with Crippen molar-refractivity contribution in [2.24, 2.45) is 0 Å². The van der Waals surface area contributed by atoms with Crippen LogP contribution in [0.2, 0.25) is 0 Å². The highest BCUT2D eigenvalue weighted by Gasteiger charge is 2.25. The van der Waals surface area contributed by atoms with E-state index in [9.17, 15) is 13.2 Å². The van der Waals surface area contributed by atoms with E-state index >= 15 is 0 Å². The zero-order valence-electron chi connectivity index (χ0n) is 8.43. The Labute approximate surface area is 86.5 Å². The number of aryl methyl sites for hydroxylation is 1. The Bertz CT molecular complexity index is 310. The minimum absolute atomic E-state index is 0.0699. The molecule has 2 nitrogen and oxygen atoms in total. The lowest BCUT2D eigenvalue weighted by Gasteiger charge is -2.08. The fourth-order valence-corrected chi connectivity index (χ4v) is 1.14. The van der Waals surface area contributed by atoms with Crippen molar-refractivity contribution in [1.29, 1.82) is 0 Å². The highest BCUT2D eigenvalue weighted by atomic mass is 19.4. The Balaban J connectivity index is 2.30. The van der Waals surface area contributed by atoms with Crippen LogP contribution in [0.4, 0.5) is 13.2 Å². The second-order valence-corrected chi connectivity index (χ2v) is 3.31. The minimum atomic E-state index is -4.09. The summed E-state index contributed by atoms with van der Waals surface area (Å²) in [6, 6.07) is 3.68. The largest absolute Gasteiger partial charge is 0.390 e.